The first-order chi connectivity index (χ1) is 16.1. The van der Waals surface area contributed by atoms with E-state index in [-0.39, 0.29) is 5.91 Å². The number of anilines is 1. The second-order valence-electron chi connectivity index (χ2n) is 8.08. The Balaban J connectivity index is 1.08. The van der Waals surface area contributed by atoms with Crippen LogP contribution in [0.4, 0.5) is 5.95 Å². The van der Waals surface area contributed by atoms with Crippen LogP contribution in [-0.2, 0) is 11.2 Å². The van der Waals surface area contributed by atoms with Crippen molar-refractivity contribution < 1.29 is 9.90 Å². The van der Waals surface area contributed by atoms with Gasteiger partial charge in [-0.05, 0) is 43.9 Å². The molecule has 1 aliphatic heterocycles. The second-order valence-corrected chi connectivity index (χ2v) is 9.20. The van der Waals surface area contributed by atoms with Gasteiger partial charge in [-0.1, -0.05) is 11.8 Å². The molecule has 0 aromatic carbocycles. The van der Waals surface area contributed by atoms with Gasteiger partial charge in [-0.25, -0.2) is 19.5 Å². The molecule has 1 atom stereocenters. The molecule has 0 radical (unpaired) electrons. The summed E-state index contributed by atoms with van der Waals surface area (Å²) in [5.74, 6) is 0.894. The zero-order valence-electron chi connectivity index (χ0n) is 17.9. The Morgan fingerprint density at radius 2 is 2.03 bits per heavy atom. The molecule has 2 aliphatic rings. The highest BCUT2D eigenvalue weighted by Crippen LogP contribution is 2.27. The fraction of sp³-hybridized carbons (Fsp3) is 0.429. The molecule has 4 heterocycles. The average molecular weight is 468 g/mol. The fourth-order valence-electron chi connectivity index (χ4n) is 4.06. The van der Waals surface area contributed by atoms with Crippen molar-refractivity contribution in [2.24, 2.45) is 0 Å². The van der Waals surface area contributed by atoms with E-state index in [0.29, 0.717) is 34.4 Å². The van der Waals surface area contributed by atoms with Gasteiger partial charge in [-0.3, -0.25) is 4.79 Å². The third-order valence-corrected chi connectivity index (χ3v) is 6.65. The molecule has 1 saturated carbocycles. The average Bonchev–Trinajstić information content (AvgIpc) is 3.40. The maximum atomic E-state index is 11.8. The minimum Gasteiger partial charge on any atom is -0.364 e. The summed E-state index contributed by atoms with van der Waals surface area (Å²) in [5, 5.41) is 23.1. The largest absolute Gasteiger partial charge is 0.364 e. The predicted molar refractivity (Wildman–Crippen MR) is 124 cm³/mol. The molecule has 5 rings (SSSR count). The monoisotopic (exact) mass is 467 g/mol. The smallest absolute Gasteiger partial charge is 0.260 e. The molecule has 1 aliphatic carbocycles. The number of aliphatic hydroxyl groups is 1. The Kier molecular flexibility index (Phi) is 6.46. The number of hydrogen-bond acceptors (Lipinski definition) is 10. The van der Waals surface area contributed by atoms with Gasteiger partial charge in [0.25, 0.3) is 11.7 Å². The number of carbonyl (C=O) groups is 1. The van der Waals surface area contributed by atoms with E-state index in [4.69, 9.17) is 0 Å². The van der Waals surface area contributed by atoms with Crippen LogP contribution in [0, 0.1) is 0 Å². The maximum Gasteiger partial charge on any atom is 0.260 e. The predicted octanol–water partition coefficient (Wildman–Crippen LogP) is 0.949. The Labute approximate surface area is 194 Å². The molecule has 33 heavy (non-hydrogen) atoms. The number of thioether (sulfide) groups is 1. The lowest BCUT2D eigenvalue weighted by Gasteiger charge is -2.29. The van der Waals surface area contributed by atoms with E-state index in [1.807, 2.05) is 12.3 Å². The molecule has 3 aromatic heterocycles. The van der Waals surface area contributed by atoms with Gasteiger partial charge in [0.1, 0.15) is 6.33 Å². The highest BCUT2D eigenvalue weighted by molar-refractivity contribution is 8.05. The van der Waals surface area contributed by atoms with Crippen LogP contribution in [0.1, 0.15) is 37.1 Å². The number of amides is 1. The number of carbonyl (C=O) groups excluding carboxylic acids is 1. The molecule has 1 amide bonds. The van der Waals surface area contributed by atoms with E-state index in [1.165, 1.54) is 6.33 Å². The number of hydrogen-bond donors (Lipinski definition) is 4. The summed E-state index contributed by atoms with van der Waals surface area (Å²) in [6.45, 7) is 0.875. The van der Waals surface area contributed by atoms with Crippen molar-refractivity contribution in [2.45, 2.75) is 49.7 Å². The third kappa shape index (κ3) is 5.46. The van der Waals surface area contributed by atoms with Crippen LogP contribution in [0.5, 0.6) is 0 Å². The van der Waals surface area contributed by atoms with Gasteiger partial charge in [-0.15, -0.1) is 0 Å². The number of nitrogens with one attached hydrogen (secondary N) is 3. The van der Waals surface area contributed by atoms with E-state index in [0.717, 1.165) is 56.1 Å². The van der Waals surface area contributed by atoms with E-state index in [1.54, 1.807) is 22.9 Å². The molecule has 0 bridgehead atoms. The first kappa shape index (κ1) is 21.7. The van der Waals surface area contributed by atoms with Crippen LogP contribution in [0.25, 0.3) is 11.9 Å². The summed E-state index contributed by atoms with van der Waals surface area (Å²) < 4.78 is 1.66. The summed E-state index contributed by atoms with van der Waals surface area (Å²) >= 11 is 1.07. The summed E-state index contributed by atoms with van der Waals surface area (Å²) in [4.78, 5) is 29.7. The van der Waals surface area contributed by atoms with Crippen molar-refractivity contribution in [2.75, 3.05) is 11.9 Å². The highest BCUT2D eigenvalue weighted by atomic mass is 32.2. The zero-order valence-corrected chi connectivity index (χ0v) is 18.7. The van der Waals surface area contributed by atoms with Crippen LogP contribution in [0.2, 0.25) is 0 Å². The molecule has 1 saturated heterocycles. The van der Waals surface area contributed by atoms with Gasteiger partial charge in [0.15, 0.2) is 5.56 Å². The van der Waals surface area contributed by atoms with Gasteiger partial charge in [0, 0.05) is 43.1 Å². The lowest BCUT2D eigenvalue weighted by atomic mass is 9.91. The molecule has 12 heteroatoms. The topological polar surface area (TPSA) is 142 Å². The summed E-state index contributed by atoms with van der Waals surface area (Å²) in [6, 6.07) is 4.52. The summed E-state index contributed by atoms with van der Waals surface area (Å²) in [5.41, 5.74) is 0.738. The molecule has 172 valence electrons. The molecule has 0 spiro atoms. The van der Waals surface area contributed by atoms with Crippen LogP contribution >= 0.6 is 11.8 Å². The van der Waals surface area contributed by atoms with Gasteiger partial charge >= 0.3 is 0 Å². The maximum absolute atomic E-state index is 11.8. The van der Waals surface area contributed by atoms with Gasteiger partial charge in [0.2, 0.25) is 5.95 Å². The van der Waals surface area contributed by atoms with E-state index in [2.05, 4.69) is 41.0 Å². The minimum absolute atomic E-state index is 0.290. The molecule has 1 unspecified atom stereocenters. The fourth-order valence-corrected chi connectivity index (χ4v) is 4.82. The van der Waals surface area contributed by atoms with Crippen molar-refractivity contribution in [3.8, 4) is 0 Å². The quantitative estimate of drug-likeness (QED) is 0.371. The normalized spacial score (nSPS) is 24.3. The SMILES string of the molecule is O=C1NC(O)S/C1=C\c1ccnc(NC2CCC(NCCc3ccn4ncnc4n3)CC2)n1. The van der Waals surface area contributed by atoms with Crippen molar-refractivity contribution >= 4 is 35.5 Å². The molecule has 11 nitrogen and oxygen atoms in total. The molecule has 3 aromatic rings. The summed E-state index contributed by atoms with van der Waals surface area (Å²) in [6.07, 6.45) is 11.8. The Morgan fingerprint density at radius 1 is 1.18 bits per heavy atom. The minimum atomic E-state index is -0.902. The Bertz CT molecular complexity index is 1160. The first-order valence-electron chi connectivity index (χ1n) is 11.0. The number of nitrogens with zero attached hydrogens (tertiary/aromatic N) is 6. The molecule has 4 N–H and O–H groups in total. The number of aliphatic hydroxyl groups excluding tert-OH is 1. The highest BCUT2D eigenvalue weighted by Gasteiger charge is 2.25. The lowest BCUT2D eigenvalue weighted by molar-refractivity contribution is -0.117. The Hall–Kier alpha value is -3.09. The van der Waals surface area contributed by atoms with Gasteiger partial charge < -0.3 is 21.1 Å². The number of rotatable bonds is 7. The standard InChI is InChI=1S/C21H25N9O2S/c31-18-17(33-21(32)29-18)11-16-6-9-23-19(27-16)26-14-3-1-13(2-4-14)22-8-5-15-7-10-30-20(28-15)24-12-25-30/h6-7,9-14,21-22,32H,1-5,8H2,(H,29,31)(H,23,26,27)/b17-11-. The van der Waals surface area contributed by atoms with Crippen LogP contribution < -0.4 is 16.0 Å². The number of aromatic nitrogens is 6. The van der Waals surface area contributed by atoms with Crippen molar-refractivity contribution in [3.63, 3.8) is 0 Å². The van der Waals surface area contributed by atoms with E-state index < -0.39 is 5.56 Å². The van der Waals surface area contributed by atoms with Crippen molar-refractivity contribution in [1.82, 2.24) is 40.2 Å². The Morgan fingerprint density at radius 3 is 2.85 bits per heavy atom. The zero-order chi connectivity index (χ0) is 22.6. The van der Waals surface area contributed by atoms with E-state index >= 15 is 0 Å². The van der Waals surface area contributed by atoms with Crippen molar-refractivity contribution in [3.05, 3.63) is 47.1 Å². The van der Waals surface area contributed by atoms with Crippen LogP contribution in [-0.4, -0.2) is 64.8 Å². The molecular formula is C21H25N9O2S. The van der Waals surface area contributed by atoms with Crippen LogP contribution in [0.3, 0.4) is 0 Å². The number of fused-ring (bicyclic) bond motifs is 1. The molecular weight excluding hydrogens is 442 g/mol. The van der Waals surface area contributed by atoms with Gasteiger partial charge in [-0.2, -0.15) is 10.1 Å². The lowest BCUT2D eigenvalue weighted by Crippen LogP contribution is -2.38. The van der Waals surface area contributed by atoms with Gasteiger partial charge in [0.05, 0.1) is 10.6 Å². The van der Waals surface area contributed by atoms with E-state index in [9.17, 15) is 9.90 Å². The van der Waals surface area contributed by atoms with Crippen molar-refractivity contribution in [1.29, 1.82) is 0 Å². The first-order valence-corrected chi connectivity index (χ1v) is 11.9. The summed E-state index contributed by atoms with van der Waals surface area (Å²) in [7, 11) is 0. The van der Waals surface area contributed by atoms with Crippen LogP contribution in [0.15, 0.2) is 35.8 Å². The molecule has 2 fully saturated rings. The second kappa shape index (κ2) is 9.81. The third-order valence-electron chi connectivity index (χ3n) is 5.75.